The van der Waals surface area contributed by atoms with Gasteiger partial charge in [-0.25, -0.2) is 9.97 Å². The lowest BCUT2D eigenvalue weighted by Gasteiger charge is -2.05. The number of aromatic nitrogens is 2. The summed E-state index contributed by atoms with van der Waals surface area (Å²) in [7, 11) is 0. The SMILES string of the molecule is O=C(Nc1nccs1)c1cccc2c1N=C(c1ccnc(Cl)c1)C2. The van der Waals surface area contributed by atoms with Crippen molar-refractivity contribution >= 4 is 45.4 Å². The van der Waals surface area contributed by atoms with E-state index in [0.29, 0.717) is 28.0 Å². The number of thiazole rings is 1. The average Bonchev–Trinajstić information content (AvgIpc) is 3.23. The number of hydrogen-bond donors (Lipinski definition) is 1. The van der Waals surface area contributed by atoms with E-state index in [2.05, 4.69) is 20.3 Å². The van der Waals surface area contributed by atoms with E-state index in [4.69, 9.17) is 11.6 Å². The van der Waals surface area contributed by atoms with E-state index in [1.54, 1.807) is 24.5 Å². The number of fused-ring (bicyclic) bond motifs is 1. The highest BCUT2D eigenvalue weighted by Crippen LogP contribution is 2.33. The Morgan fingerprint density at radius 1 is 1.21 bits per heavy atom. The molecular formula is C17H11ClN4OS. The van der Waals surface area contributed by atoms with Crippen molar-refractivity contribution < 1.29 is 4.79 Å². The number of anilines is 1. The second-order valence-corrected chi connectivity index (χ2v) is 6.49. The fraction of sp³-hybridized carbons (Fsp3) is 0.0588. The quantitative estimate of drug-likeness (QED) is 0.719. The fourth-order valence-corrected chi connectivity index (χ4v) is 3.30. The molecule has 3 aromatic rings. The van der Waals surface area contributed by atoms with Gasteiger partial charge < -0.3 is 0 Å². The maximum absolute atomic E-state index is 12.5. The first-order valence-corrected chi connectivity index (χ1v) is 8.49. The van der Waals surface area contributed by atoms with E-state index in [1.165, 1.54) is 11.3 Å². The molecule has 5 nitrogen and oxygen atoms in total. The molecule has 1 N–H and O–H groups in total. The molecule has 0 aliphatic carbocycles. The third kappa shape index (κ3) is 2.81. The predicted molar refractivity (Wildman–Crippen MR) is 95.7 cm³/mol. The summed E-state index contributed by atoms with van der Waals surface area (Å²) >= 11 is 7.34. The highest BCUT2D eigenvalue weighted by atomic mass is 35.5. The molecular weight excluding hydrogens is 344 g/mol. The normalized spacial score (nSPS) is 12.6. The highest BCUT2D eigenvalue weighted by Gasteiger charge is 2.22. The minimum Gasteiger partial charge on any atom is -0.298 e. The van der Waals surface area contributed by atoms with Crippen LogP contribution in [0.4, 0.5) is 10.8 Å². The second-order valence-electron chi connectivity index (χ2n) is 5.21. The van der Waals surface area contributed by atoms with Crippen LogP contribution in [-0.2, 0) is 6.42 Å². The van der Waals surface area contributed by atoms with Crippen molar-refractivity contribution in [3.05, 3.63) is 69.9 Å². The fourth-order valence-electron chi connectivity index (χ4n) is 2.60. The number of rotatable bonds is 3. The number of aliphatic imine (C=N–C) groups is 1. The molecule has 3 heterocycles. The predicted octanol–water partition coefficient (Wildman–Crippen LogP) is 4.12. The molecule has 0 atom stereocenters. The Kier molecular flexibility index (Phi) is 3.84. The number of hydrogen-bond acceptors (Lipinski definition) is 5. The Morgan fingerprint density at radius 2 is 2.12 bits per heavy atom. The van der Waals surface area contributed by atoms with Gasteiger partial charge in [-0.05, 0) is 23.8 Å². The number of pyridine rings is 1. The summed E-state index contributed by atoms with van der Waals surface area (Å²) in [6.45, 7) is 0. The monoisotopic (exact) mass is 354 g/mol. The van der Waals surface area contributed by atoms with Crippen molar-refractivity contribution in [3.8, 4) is 0 Å². The van der Waals surface area contributed by atoms with E-state index in [9.17, 15) is 4.79 Å². The van der Waals surface area contributed by atoms with Crippen LogP contribution >= 0.6 is 22.9 Å². The van der Waals surface area contributed by atoms with E-state index in [0.717, 1.165) is 16.8 Å². The van der Waals surface area contributed by atoms with Gasteiger partial charge in [0.15, 0.2) is 5.13 Å². The van der Waals surface area contributed by atoms with Gasteiger partial charge in [0.25, 0.3) is 5.91 Å². The zero-order valence-electron chi connectivity index (χ0n) is 12.4. The van der Waals surface area contributed by atoms with Crippen LogP contribution in [0.2, 0.25) is 5.15 Å². The van der Waals surface area contributed by atoms with Crippen molar-refractivity contribution in [2.45, 2.75) is 6.42 Å². The summed E-state index contributed by atoms with van der Waals surface area (Å²) in [4.78, 5) is 25.3. The summed E-state index contributed by atoms with van der Waals surface area (Å²) in [6.07, 6.45) is 3.96. The zero-order valence-corrected chi connectivity index (χ0v) is 13.9. The first-order chi connectivity index (χ1) is 11.7. The number of carbonyl (C=O) groups is 1. The number of halogens is 1. The molecule has 0 spiro atoms. The first-order valence-electron chi connectivity index (χ1n) is 7.23. The maximum atomic E-state index is 12.5. The first kappa shape index (κ1) is 15.0. The van der Waals surface area contributed by atoms with Crippen LogP contribution in [0.5, 0.6) is 0 Å². The van der Waals surface area contributed by atoms with Crippen LogP contribution in [0.15, 0.2) is 53.1 Å². The molecule has 0 saturated heterocycles. The van der Waals surface area contributed by atoms with Gasteiger partial charge in [-0.15, -0.1) is 11.3 Å². The number of nitrogens with one attached hydrogen (secondary N) is 1. The minimum atomic E-state index is -0.209. The van der Waals surface area contributed by atoms with Crippen molar-refractivity contribution in [3.63, 3.8) is 0 Å². The molecule has 1 aliphatic rings. The van der Waals surface area contributed by atoms with Gasteiger partial charge in [0.2, 0.25) is 0 Å². The molecule has 0 unspecified atom stereocenters. The summed E-state index contributed by atoms with van der Waals surface area (Å²) in [6, 6.07) is 9.27. The lowest BCUT2D eigenvalue weighted by molar-refractivity contribution is 0.102. The average molecular weight is 355 g/mol. The van der Waals surface area contributed by atoms with Gasteiger partial charge in [0, 0.05) is 29.8 Å². The smallest absolute Gasteiger partial charge is 0.259 e. The largest absolute Gasteiger partial charge is 0.298 e. The Balaban J connectivity index is 1.68. The van der Waals surface area contributed by atoms with Gasteiger partial charge in [0.1, 0.15) is 5.15 Å². The Morgan fingerprint density at radius 3 is 2.92 bits per heavy atom. The molecule has 2 aromatic heterocycles. The Bertz CT molecular complexity index is 953. The summed E-state index contributed by atoms with van der Waals surface area (Å²) in [5, 5.41) is 5.61. The van der Waals surface area contributed by atoms with Crippen LogP contribution in [0.1, 0.15) is 21.5 Å². The van der Waals surface area contributed by atoms with Crippen LogP contribution in [0.25, 0.3) is 0 Å². The molecule has 1 aromatic carbocycles. The molecule has 7 heteroatoms. The van der Waals surface area contributed by atoms with Gasteiger partial charge in [-0.3, -0.25) is 15.1 Å². The molecule has 1 aliphatic heterocycles. The molecule has 24 heavy (non-hydrogen) atoms. The molecule has 1 amide bonds. The Hall–Kier alpha value is -2.57. The lowest BCUT2D eigenvalue weighted by Crippen LogP contribution is -2.11. The van der Waals surface area contributed by atoms with Crippen LogP contribution in [-0.4, -0.2) is 21.6 Å². The molecule has 0 fully saturated rings. The van der Waals surface area contributed by atoms with Crippen molar-refractivity contribution in [1.82, 2.24) is 9.97 Å². The van der Waals surface area contributed by atoms with Gasteiger partial charge >= 0.3 is 0 Å². The molecule has 0 bridgehead atoms. The number of benzene rings is 1. The van der Waals surface area contributed by atoms with Crippen LogP contribution < -0.4 is 5.32 Å². The second kappa shape index (κ2) is 6.14. The molecule has 0 radical (unpaired) electrons. The number of carbonyl (C=O) groups excluding carboxylic acids is 1. The molecule has 4 rings (SSSR count). The highest BCUT2D eigenvalue weighted by molar-refractivity contribution is 7.13. The van der Waals surface area contributed by atoms with Gasteiger partial charge in [0.05, 0.1) is 17.0 Å². The summed E-state index contributed by atoms with van der Waals surface area (Å²) in [5.41, 5.74) is 4.05. The molecule has 0 saturated carbocycles. The summed E-state index contributed by atoms with van der Waals surface area (Å²) < 4.78 is 0. The number of nitrogens with zero attached hydrogens (tertiary/aromatic N) is 3. The number of amides is 1. The third-order valence-corrected chi connectivity index (χ3v) is 4.58. The minimum absolute atomic E-state index is 0.209. The maximum Gasteiger partial charge on any atom is 0.259 e. The molecule has 118 valence electrons. The van der Waals surface area contributed by atoms with E-state index < -0.39 is 0 Å². The number of para-hydroxylation sites is 1. The van der Waals surface area contributed by atoms with E-state index in [-0.39, 0.29) is 5.91 Å². The van der Waals surface area contributed by atoms with Crippen molar-refractivity contribution in [2.75, 3.05) is 5.32 Å². The summed E-state index contributed by atoms with van der Waals surface area (Å²) in [5.74, 6) is -0.209. The van der Waals surface area contributed by atoms with Crippen LogP contribution in [0, 0.1) is 0 Å². The van der Waals surface area contributed by atoms with E-state index >= 15 is 0 Å². The van der Waals surface area contributed by atoms with E-state index in [1.807, 2.05) is 23.6 Å². The van der Waals surface area contributed by atoms with Gasteiger partial charge in [-0.2, -0.15) is 0 Å². The van der Waals surface area contributed by atoms with Gasteiger partial charge in [-0.1, -0.05) is 23.7 Å². The Labute approximate surface area is 147 Å². The zero-order chi connectivity index (χ0) is 16.5. The van der Waals surface area contributed by atoms with Crippen molar-refractivity contribution in [2.24, 2.45) is 4.99 Å². The topological polar surface area (TPSA) is 67.2 Å². The lowest BCUT2D eigenvalue weighted by atomic mass is 10.0. The third-order valence-electron chi connectivity index (χ3n) is 3.68. The van der Waals surface area contributed by atoms with Crippen LogP contribution in [0.3, 0.4) is 0 Å². The standard InChI is InChI=1S/C17H11ClN4OS/c18-14-9-10(4-5-19-14)13-8-11-2-1-3-12(15(11)21-13)16(23)22-17-20-6-7-24-17/h1-7,9H,8H2,(H,20,22,23). The van der Waals surface area contributed by atoms with Crippen molar-refractivity contribution in [1.29, 1.82) is 0 Å².